The molecular formula is C13H17NO3. The third-order valence-corrected chi connectivity index (χ3v) is 2.92. The molecule has 17 heavy (non-hydrogen) atoms. The molecule has 4 heteroatoms. The lowest BCUT2D eigenvalue weighted by molar-refractivity contribution is 0.110. The quantitative estimate of drug-likeness (QED) is 0.825. The molecule has 1 aromatic carbocycles. The normalized spacial score (nSPS) is 24.1. The third-order valence-electron chi connectivity index (χ3n) is 2.92. The number of hydrogen-bond donors (Lipinski definition) is 2. The Hall–Kier alpha value is -1.55. The van der Waals surface area contributed by atoms with Crippen LogP contribution in [0.3, 0.4) is 0 Å². The van der Waals surface area contributed by atoms with Crippen molar-refractivity contribution in [2.75, 3.05) is 0 Å². The second kappa shape index (κ2) is 5.68. The van der Waals surface area contributed by atoms with Crippen molar-refractivity contribution >= 4 is 6.09 Å². The highest BCUT2D eigenvalue weighted by Crippen LogP contribution is 2.18. The molecule has 2 atom stereocenters. The number of hydrogen-bond acceptors (Lipinski definition) is 3. The lowest BCUT2D eigenvalue weighted by Crippen LogP contribution is -2.41. The number of benzene rings is 1. The van der Waals surface area contributed by atoms with Gasteiger partial charge < -0.3 is 15.2 Å². The van der Waals surface area contributed by atoms with Crippen molar-refractivity contribution in [3.63, 3.8) is 0 Å². The van der Waals surface area contributed by atoms with Crippen molar-refractivity contribution in [1.82, 2.24) is 5.32 Å². The van der Waals surface area contributed by atoms with Crippen molar-refractivity contribution in [1.29, 1.82) is 0 Å². The molecule has 0 heterocycles. The second-order valence-corrected chi connectivity index (χ2v) is 4.36. The summed E-state index contributed by atoms with van der Waals surface area (Å²) in [7, 11) is 0. The third kappa shape index (κ3) is 3.75. The van der Waals surface area contributed by atoms with Crippen LogP contribution < -0.4 is 10.1 Å². The van der Waals surface area contributed by atoms with Gasteiger partial charge in [-0.25, -0.2) is 4.79 Å². The van der Waals surface area contributed by atoms with Gasteiger partial charge in [0.05, 0.1) is 6.10 Å². The van der Waals surface area contributed by atoms with E-state index in [2.05, 4.69) is 5.32 Å². The largest absolute Gasteiger partial charge is 0.412 e. The first-order valence-corrected chi connectivity index (χ1v) is 5.95. The van der Waals surface area contributed by atoms with E-state index in [1.807, 2.05) is 18.2 Å². The molecule has 2 N–H and O–H groups in total. The molecule has 0 aromatic heterocycles. The van der Waals surface area contributed by atoms with E-state index in [9.17, 15) is 9.90 Å². The van der Waals surface area contributed by atoms with Crippen LogP contribution in [-0.4, -0.2) is 23.3 Å². The summed E-state index contributed by atoms with van der Waals surface area (Å²) in [5.41, 5.74) is 0. The van der Waals surface area contributed by atoms with Gasteiger partial charge in [0.15, 0.2) is 0 Å². The summed E-state index contributed by atoms with van der Waals surface area (Å²) in [4.78, 5) is 11.6. The van der Waals surface area contributed by atoms with Crippen LogP contribution in [0.5, 0.6) is 5.75 Å². The Balaban J connectivity index is 1.81. The molecule has 0 radical (unpaired) electrons. The van der Waals surface area contributed by atoms with E-state index in [1.165, 1.54) is 0 Å². The summed E-state index contributed by atoms with van der Waals surface area (Å²) >= 11 is 0. The number of amides is 1. The van der Waals surface area contributed by atoms with E-state index in [0.717, 1.165) is 19.3 Å². The smallest absolute Gasteiger partial charge is 0.410 e. The van der Waals surface area contributed by atoms with Crippen LogP contribution >= 0.6 is 0 Å². The number of para-hydroxylation sites is 1. The van der Waals surface area contributed by atoms with E-state index in [-0.39, 0.29) is 12.1 Å². The van der Waals surface area contributed by atoms with Gasteiger partial charge in [0.1, 0.15) is 5.75 Å². The fourth-order valence-corrected chi connectivity index (χ4v) is 2.09. The van der Waals surface area contributed by atoms with E-state index in [0.29, 0.717) is 12.2 Å². The predicted molar refractivity (Wildman–Crippen MR) is 63.9 cm³/mol. The minimum atomic E-state index is -0.449. The summed E-state index contributed by atoms with van der Waals surface area (Å²) in [5, 5.41) is 12.3. The monoisotopic (exact) mass is 235 g/mol. The van der Waals surface area contributed by atoms with Gasteiger partial charge in [0.25, 0.3) is 0 Å². The van der Waals surface area contributed by atoms with Gasteiger partial charge in [-0.1, -0.05) is 18.2 Å². The van der Waals surface area contributed by atoms with Gasteiger partial charge in [-0.3, -0.25) is 0 Å². The zero-order valence-corrected chi connectivity index (χ0v) is 9.63. The van der Waals surface area contributed by atoms with E-state index in [1.54, 1.807) is 12.1 Å². The maximum absolute atomic E-state index is 11.6. The van der Waals surface area contributed by atoms with E-state index in [4.69, 9.17) is 4.74 Å². The van der Waals surface area contributed by atoms with Gasteiger partial charge in [0, 0.05) is 6.04 Å². The molecule has 1 aliphatic carbocycles. The lowest BCUT2D eigenvalue weighted by atomic mass is 9.93. The molecule has 2 rings (SSSR count). The Labute approximate surface area is 101 Å². The van der Waals surface area contributed by atoms with Crippen molar-refractivity contribution in [3.8, 4) is 5.75 Å². The molecule has 0 bridgehead atoms. The minimum absolute atomic E-state index is 0.0231. The van der Waals surface area contributed by atoms with Crippen LogP contribution in [0, 0.1) is 0 Å². The molecule has 2 unspecified atom stereocenters. The number of aliphatic hydroxyl groups excluding tert-OH is 1. The zero-order chi connectivity index (χ0) is 12.1. The average molecular weight is 235 g/mol. The molecule has 1 aromatic rings. The number of carbonyl (C=O) groups is 1. The van der Waals surface area contributed by atoms with Crippen LogP contribution in [0.4, 0.5) is 4.79 Å². The molecule has 4 nitrogen and oxygen atoms in total. The summed E-state index contributed by atoms with van der Waals surface area (Å²) in [6, 6.07) is 8.97. The summed E-state index contributed by atoms with van der Waals surface area (Å²) in [6.07, 6.45) is 2.54. The number of carbonyl (C=O) groups excluding carboxylic acids is 1. The first-order valence-electron chi connectivity index (χ1n) is 5.95. The van der Waals surface area contributed by atoms with E-state index >= 15 is 0 Å². The van der Waals surface area contributed by atoms with Gasteiger partial charge in [-0.05, 0) is 37.8 Å². The summed E-state index contributed by atoms with van der Waals surface area (Å²) in [5.74, 6) is 0.529. The second-order valence-electron chi connectivity index (χ2n) is 4.36. The molecular weight excluding hydrogens is 218 g/mol. The topological polar surface area (TPSA) is 58.6 Å². The summed E-state index contributed by atoms with van der Waals surface area (Å²) < 4.78 is 5.12. The van der Waals surface area contributed by atoms with Gasteiger partial charge >= 0.3 is 6.09 Å². The highest BCUT2D eigenvalue weighted by molar-refractivity contribution is 5.70. The Morgan fingerprint density at radius 1 is 1.29 bits per heavy atom. The maximum Gasteiger partial charge on any atom is 0.412 e. The van der Waals surface area contributed by atoms with Gasteiger partial charge in [-0.15, -0.1) is 0 Å². The number of nitrogens with one attached hydrogen (secondary N) is 1. The number of ether oxygens (including phenoxy) is 1. The SMILES string of the molecule is O=C(NC1CCCC(O)C1)Oc1ccccc1. The molecule has 92 valence electrons. The van der Waals surface area contributed by atoms with Crippen LogP contribution in [-0.2, 0) is 0 Å². The van der Waals surface area contributed by atoms with Gasteiger partial charge in [0.2, 0.25) is 0 Å². The van der Waals surface area contributed by atoms with Crippen LogP contribution in [0.2, 0.25) is 0 Å². The highest BCUT2D eigenvalue weighted by Gasteiger charge is 2.22. The molecule has 1 saturated carbocycles. The molecule has 1 amide bonds. The van der Waals surface area contributed by atoms with Crippen LogP contribution in [0.25, 0.3) is 0 Å². The van der Waals surface area contributed by atoms with E-state index < -0.39 is 6.09 Å². The van der Waals surface area contributed by atoms with Crippen molar-refractivity contribution in [2.24, 2.45) is 0 Å². The Morgan fingerprint density at radius 3 is 2.76 bits per heavy atom. The minimum Gasteiger partial charge on any atom is -0.410 e. The Bertz CT molecular complexity index is 366. The molecule has 1 fully saturated rings. The Kier molecular flexibility index (Phi) is 3.98. The predicted octanol–water partition coefficient (Wildman–Crippen LogP) is 2.08. The number of rotatable bonds is 2. The molecule has 1 aliphatic rings. The fraction of sp³-hybridized carbons (Fsp3) is 0.462. The molecule has 0 spiro atoms. The molecule has 0 aliphatic heterocycles. The lowest BCUT2D eigenvalue weighted by Gasteiger charge is -2.26. The van der Waals surface area contributed by atoms with Crippen molar-refractivity contribution in [2.45, 2.75) is 37.8 Å². The first-order chi connectivity index (χ1) is 8.24. The zero-order valence-electron chi connectivity index (χ0n) is 9.63. The number of aliphatic hydroxyl groups is 1. The summed E-state index contributed by atoms with van der Waals surface area (Å²) in [6.45, 7) is 0. The fourth-order valence-electron chi connectivity index (χ4n) is 2.09. The van der Waals surface area contributed by atoms with Gasteiger partial charge in [-0.2, -0.15) is 0 Å². The first kappa shape index (κ1) is 11.9. The van der Waals surface area contributed by atoms with Crippen LogP contribution in [0.1, 0.15) is 25.7 Å². The van der Waals surface area contributed by atoms with Crippen molar-refractivity contribution in [3.05, 3.63) is 30.3 Å². The Morgan fingerprint density at radius 2 is 2.06 bits per heavy atom. The maximum atomic E-state index is 11.6. The van der Waals surface area contributed by atoms with Crippen molar-refractivity contribution < 1.29 is 14.6 Å². The highest BCUT2D eigenvalue weighted by atomic mass is 16.6. The van der Waals surface area contributed by atoms with Crippen LogP contribution in [0.15, 0.2) is 30.3 Å². The standard InChI is InChI=1S/C13H17NO3/c15-11-6-4-5-10(9-11)14-13(16)17-12-7-2-1-3-8-12/h1-3,7-8,10-11,15H,4-6,9H2,(H,14,16). The molecule has 0 saturated heterocycles. The average Bonchev–Trinajstić information content (AvgIpc) is 2.30.